The van der Waals surface area contributed by atoms with Crippen LogP contribution in [0.4, 0.5) is 10.9 Å². The molecule has 1 aliphatic carbocycles. The monoisotopic (exact) mass is 385 g/mol. The molecule has 0 saturated carbocycles. The second kappa shape index (κ2) is 7.48. The van der Waals surface area contributed by atoms with Crippen LogP contribution < -0.4 is 5.32 Å². The minimum absolute atomic E-state index is 0.684. The molecule has 5 nitrogen and oxygen atoms in total. The number of nitrogens with zero attached hydrogens (tertiary/aromatic N) is 4. The first-order valence-corrected chi connectivity index (χ1v) is 10.3. The van der Waals surface area contributed by atoms with Crippen LogP contribution in [0.25, 0.3) is 22.6 Å². The number of fused-ring (bicyclic) bond motifs is 1. The predicted octanol–water partition coefficient (Wildman–Crippen LogP) is 5.28. The van der Waals surface area contributed by atoms with E-state index in [2.05, 4.69) is 43.7 Å². The number of benzene rings is 1. The molecule has 0 atom stereocenters. The van der Waals surface area contributed by atoms with Gasteiger partial charge in [-0.25, -0.2) is 4.98 Å². The largest absolute Gasteiger partial charge is 0.315 e. The summed E-state index contributed by atoms with van der Waals surface area (Å²) in [5.41, 5.74) is 6.68. The molecular formula is C22H19N5S. The highest BCUT2D eigenvalue weighted by atomic mass is 32.1. The van der Waals surface area contributed by atoms with Gasteiger partial charge >= 0.3 is 0 Å². The normalized spacial score (nSPS) is 13.1. The quantitative estimate of drug-likeness (QED) is 0.517. The average Bonchev–Trinajstić information content (AvgIpc) is 3.23. The molecule has 1 aromatic carbocycles. The third-order valence-electron chi connectivity index (χ3n) is 4.98. The van der Waals surface area contributed by atoms with Crippen LogP contribution >= 0.6 is 11.3 Å². The number of hydrogen-bond acceptors (Lipinski definition) is 6. The van der Waals surface area contributed by atoms with Crippen molar-refractivity contribution in [2.75, 3.05) is 5.32 Å². The van der Waals surface area contributed by atoms with Crippen LogP contribution in [-0.4, -0.2) is 20.2 Å². The summed E-state index contributed by atoms with van der Waals surface area (Å²) in [6.45, 7) is 0. The van der Waals surface area contributed by atoms with E-state index in [9.17, 15) is 0 Å². The fraction of sp³-hybridized carbons (Fsp3) is 0.182. The van der Waals surface area contributed by atoms with Gasteiger partial charge in [-0.05, 0) is 67.1 Å². The van der Waals surface area contributed by atoms with Crippen LogP contribution in [-0.2, 0) is 12.8 Å². The Morgan fingerprint density at radius 2 is 1.75 bits per heavy atom. The van der Waals surface area contributed by atoms with Crippen LogP contribution in [0.1, 0.15) is 24.0 Å². The first-order valence-electron chi connectivity index (χ1n) is 9.45. The van der Waals surface area contributed by atoms with Crippen molar-refractivity contribution in [3.8, 4) is 22.6 Å². The molecule has 28 heavy (non-hydrogen) atoms. The lowest BCUT2D eigenvalue weighted by Gasteiger charge is -2.16. The van der Waals surface area contributed by atoms with Crippen LogP contribution in [0.5, 0.6) is 0 Å². The van der Waals surface area contributed by atoms with Crippen molar-refractivity contribution in [1.82, 2.24) is 20.2 Å². The topological polar surface area (TPSA) is 63.6 Å². The van der Waals surface area contributed by atoms with Crippen molar-refractivity contribution >= 4 is 22.3 Å². The van der Waals surface area contributed by atoms with Gasteiger partial charge in [0.2, 0.25) is 0 Å². The lowest BCUT2D eigenvalue weighted by molar-refractivity contribution is 0.686. The second-order valence-corrected chi connectivity index (χ2v) is 7.73. The number of rotatable bonds is 4. The number of aromatic nitrogens is 4. The van der Waals surface area contributed by atoms with Gasteiger partial charge in [-0.15, -0.1) is 21.5 Å². The van der Waals surface area contributed by atoms with Crippen molar-refractivity contribution < 1.29 is 0 Å². The summed E-state index contributed by atoms with van der Waals surface area (Å²) in [6.07, 6.45) is 6.70. The van der Waals surface area contributed by atoms with Crippen LogP contribution in [0.15, 0.2) is 60.1 Å². The zero-order chi connectivity index (χ0) is 18.8. The number of aryl methyl sites for hydroxylation is 2. The zero-order valence-corrected chi connectivity index (χ0v) is 16.1. The highest BCUT2D eigenvalue weighted by Crippen LogP contribution is 2.28. The molecule has 0 bridgehead atoms. The fourth-order valence-electron chi connectivity index (χ4n) is 3.52. The SMILES string of the molecule is c1ccc(-c2csc(Nc3ccc(-c4ccc5c(c4)CCCC5)nn3)n2)nc1. The van der Waals surface area contributed by atoms with Crippen molar-refractivity contribution in [3.05, 3.63) is 71.2 Å². The minimum Gasteiger partial charge on any atom is -0.315 e. The summed E-state index contributed by atoms with van der Waals surface area (Å²) in [7, 11) is 0. The minimum atomic E-state index is 0.684. The molecule has 138 valence electrons. The lowest BCUT2D eigenvalue weighted by Crippen LogP contribution is -2.02. The fourth-order valence-corrected chi connectivity index (χ4v) is 4.23. The maximum Gasteiger partial charge on any atom is 0.188 e. The summed E-state index contributed by atoms with van der Waals surface area (Å²) < 4.78 is 0. The lowest BCUT2D eigenvalue weighted by atomic mass is 9.90. The summed E-state index contributed by atoms with van der Waals surface area (Å²) in [5, 5.41) is 14.7. The molecule has 1 N–H and O–H groups in total. The van der Waals surface area contributed by atoms with Crippen molar-refractivity contribution in [2.24, 2.45) is 0 Å². The Morgan fingerprint density at radius 1 is 0.821 bits per heavy atom. The van der Waals surface area contributed by atoms with Crippen molar-refractivity contribution in [3.63, 3.8) is 0 Å². The van der Waals surface area contributed by atoms with Crippen molar-refractivity contribution in [1.29, 1.82) is 0 Å². The molecule has 3 aromatic heterocycles. The zero-order valence-electron chi connectivity index (χ0n) is 15.3. The number of anilines is 2. The van der Waals surface area contributed by atoms with E-state index in [0.717, 1.165) is 27.8 Å². The summed E-state index contributed by atoms with van der Waals surface area (Å²) in [6, 6.07) is 16.4. The van der Waals surface area contributed by atoms with Gasteiger partial charge < -0.3 is 5.32 Å². The maximum atomic E-state index is 4.58. The number of thiazole rings is 1. The van der Waals surface area contributed by atoms with E-state index in [-0.39, 0.29) is 0 Å². The Labute approximate surface area is 167 Å². The molecule has 0 unspecified atom stereocenters. The van der Waals surface area contributed by atoms with Gasteiger partial charge in [0, 0.05) is 17.1 Å². The highest BCUT2D eigenvalue weighted by Gasteiger charge is 2.11. The number of pyridine rings is 1. The number of nitrogens with one attached hydrogen (secondary N) is 1. The standard InChI is InChI=1S/C22H19N5S/c1-2-6-16-13-17(9-8-15(16)5-1)18-10-11-21(27-26-18)25-22-24-20(14-28-22)19-7-3-4-12-23-19/h3-4,7-14H,1-2,5-6H2,(H,24,25,27). The molecule has 0 saturated heterocycles. The molecule has 0 amide bonds. The molecule has 1 aliphatic rings. The second-order valence-electron chi connectivity index (χ2n) is 6.87. The summed E-state index contributed by atoms with van der Waals surface area (Å²) >= 11 is 1.53. The van der Waals surface area contributed by atoms with E-state index in [4.69, 9.17) is 0 Å². The molecular weight excluding hydrogens is 366 g/mol. The molecule has 4 aromatic rings. The van der Waals surface area contributed by atoms with Gasteiger partial charge in [-0.3, -0.25) is 4.98 Å². The van der Waals surface area contributed by atoms with E-state index < -0.39 is 0 Å². The Balaban J connectivity index is 1.33. The van der Waals surface area contributed by atoms with Crippen molar-refractivity contribution in [2.45, 2.75) is 25.7 Å². The molecule has 0 spiro atoms. The smallest absolute Gasteiger partial charge is 0.188 e. The molecule has 3 heterocycles. The summed E-state index contributed by atoms with van der Waals surface area (Å²) in [4.78, 5) is 8.92. The van der Waals surface area contributed by atoms with E-state index in [1.165, 1.54) is 48.1 Å². The van der Waals surface area contributed by atoms with Crippen LogP contribution in [0.3, 0.4) is 0 Å². The Kier molecular flexibility index (Phi) is 4.54. The third-order valence-corrected chi connectivity index (χ3v) is 5.73. The Morgan fingerprint density at radius 3 is 2.57 bits per heavy atom. The highest BCUT2D eigenvalue weighted by molar-refractivity contribution is 7.14. The van der Waals surface area contributed by atoms with Gasteiger partial charge in [0.15, 0.2) is 10.9 Å². The van der Waals surface area contributed by atoms with Crippen LogP contribution in [0.2, 0.25) is 0 Å². The van der Waals surface area contributed by atoms with E-state index in [1.807, 2.05) is 35.7 Å². The predicted molar refractivity (Wildman–Crippen MR) is 113 cm³/mol. The Bertz CT molecular complexity index is 1090. The number of hydrogen-bond donors (Lipinski definition) is 1. The molecule has 0 fully saturated rings. The van der Waals surface area contributed by atoms with E-state index in [0.29, 0.717) is 5.82 Å². The van der Waals surface area contributed by atoms with Gasteiger partial charge in [0.05, 0.1) is 11.4 Å². The Hall–Kier alpha value is -3.12. The summed E-state index contributed by atoms with van der Waals surface area (Å²) in [5.74, 6) is 0.684. The van der Waals surface area contributed by atoms with E-state index in [1.54, 1.807) is 6.20 Å². The van der Waals surface area contributed by atoms with Gasteiger partial charge in [0.1, 0.15) is 5.69 Å². The first-order chi connectivity index (χ1) is 13.8. The maximum absolute atomic E-state index is 4.58. The average molecular weight is 385 g/mol. The molecule has 0 radical (unpaired) electrons. The van der Waals surface area contributed by atoms with Gasteiger partial charge in [-0.2, -0.15) is 0 Å². The van der Waals surface area contributed by atoms with Gasteiger partial charge in [0.25, 0.3) is 0 Å². The molecule has 6 heteroatoms. The van der Waals surface area contributed by atoms with Gasteiger partial charge in [-0.1, -0.05) is 18.2 Å². The van der Waals surface area contributed by atoms with E-state index >= 15 is 0 Å². The first kappa shape index (κ1) is 17.0. The molecule has 0 aliphatic heterocycles. The third kappa shape index (κ3) is 3.51. The molecule has 5 rings (SSSR count). The van der Waals surface area contributed by atoms with Crippen LogP contribution in [0, 0.1) is 0 Å².